The number of ether oxygens (including phenoxy) is 2. The van der Waals surface area contributed by atoms with Crippen LogP contribution in [-0.2, 0) is 23.9 Å². The summed E-state index contributed by atoms with van der Waals surface area (Å²) in [5.74, 6) is -2.16. The molecule has 0 aliphatic carbocycles. The van der Waals surface area contributed by atoms with Crippen molar-refractivity contribution in [2.75, 3.05) is 26.3 Å². The second-order valence-corrected chi connectivity index (χ2v) is 14.7. The summed E-state index contributed by atoms with van der Waals surface area (Å²) in [5.41, 5.74) is -2.42. The lowest BCUT2D eigenvalue weighted by atomic mass is 9.65. The van der Waals surface area contributed by atoms with Gasteiger partial charge in [0.05, 0.1) is 18.1 Å². The Morgan fingerprint density at radius 3 is 2.37 bits per heavy atom. The summed E-state index contributed by atoms with van der Waals surface area (Å²) < 4.78 is 12.7. The van der Waals surface area contributed by atoms with E-state index < -0.39 is 34.6 Å². The molecule has 3 aliphatic rings. The molecule has 0 radical (unpaired) electrons. The van der Waals surface area contributed by atoms with Crippen molar-refractivity contribution in [1.29, 1.82) is 0 Å². The monoisotopic (exact) mass is 602 g/mol. The molecular weight excluding hydrogens is 544 g/mol. The fourth-order valence-electron chi connectivity index (χ4n) is 8.30. The lowest BCUT2D eigenvalue weighted by molar-refractivity contribution is -0.163. The molecule has 0 aromatic rings. The number of amides is 2. The van der Waals surface area contributed by atoms with Crippen LogP contribution in [0.15, 0.2) is 25.3 Å². The summed E-state index contributed by atoms with van der Waals surface area (Å²) >= 11 is 0. The molecule has 0 aromatic carbocycles. The largest absolute Gasteiger partial charge is 0.465 e. The van der Waals surface area contributed by atoms with Crippen LogP contribution in [0.4, 0.5) is 0 Å². The van der Waals surface area contributed by atoms with Crippen molar-refractivity contribution < 1.29 is 29.0 Å². The third-order valence-corrected chi connectivity index (χ3v) is 9.79. The van der Waals surface area contributed by atoms with Gasteiger partial charge in [-0.25, -0.2) is 0 Å². The Balaban J connectivity index is 2.01. The predicted molar refractivity (Wildman–Crippen MR) is 169 cm³/mol. The molecule has 3 heterocycles. The number of aliphatic hydroxyl groups is 1. The van der Waals surface area contributed by atoms with Crippen LogP contribution in [0.1, 0.15) is 112 Å². The molecule has 3 fully saturated rings. The van der Waals surface area contributed by atoms with Gasteiger partial charge in [0.2, 0.25) is 11.8 Å². The fourth-order valence-corrected chi connectivity index (χ4v) is 8.30. The van der Waals surface area contributed by atoms with Crippen molar-refractivity contribution in [2.45, 2.75) is 135 Å². The first kappa shape index (κ1) is 35.3. The lowest BCUT2D eigenvalue weighted by Crippen LogP contribution is -2.61. The van der Waals surface area contributed by atoms with Crippen LogP contribution in [0.5, 0.6) is 0 Å². The third kappa shape index (κ3) is 7.22. The van der Waals surface area contributed by atoms with E-state index in [0.717, 1.165) is 38.5 Å². The van der Waals surface area contributed by atoms with Gasteiger partial charge in [-0.2, -0.15) is 0 Å². The number of likely N-dealkylation sites (tertiary alicyclic amines) is 1. The molecule has 2 amide bonds. The lowest BCUT2D eigenvalue weighted by Gasteiger charge is -2.45. The number of fused-ring (bicyclic) bond motifs is 1. The van der Waals surface area contributed by atoms with Crippen LogP contribution in [0.2, 0.25) is 0 Å². The van der Waals surface area contributed by atoms with E-state index in [2.05, 4.69) is 47.8 Å². The molecule has 3 saturated heterocycles. The molecule has 3 rings (SSSR count). The highest BCUT2D eigenvalue weighted by Crippen LogP contribution is 2.64. The second-order valence-electron chi connectivity index (χ2n) is 14.7. The molecule has 5 atom stereocenters. The van der Waals surface area contributed by atoms with Crippen LogP contribution >= 0.6 is 0 Å². The van der Waals surface area contributed by atoms with Crippen LogP contribution in [-0.4, -0.2) is 81.8 Å². The van der Waals surface area contributed by atoms with E-state index in [1.165, 1.54) is 0 Å². The van der Waals surface area contributed by atoms with Crippen LogP contribution in [0.25, 0.3) is 0 Å². The third-order valence-electron chi connectivity index (χ3n) is 9.79. The topological polar surface area (TPSA) is 96.4 Å². The molecule has 2 unspecified atom stereocenters. The number of carbonyl (C=O) groups is 3. The van der Waals surface area contributed by atoms with Gasteiger partial charge in [0, 0.05) is 25.2 Å². The van der Waals surface area contributed by atoms with Gasteiger partial charge >= 0.3 is 5.97 Å². The molecule has 1 spiro atoms. The number of esters is 1. The zero-order valence-electron chi connectivity index (χ0n) is 27.8. The Bertz CT molecular complexity index is 1020. The van der Waals surface area contributed by atoms with E-state index in [9.17, 15) is 19.5 Å². The van der Waals surface area contributed by atoms with Crippen LogP contribution in [0, 0.1) is 17.3 Å². The van der Waals surface area contributed by atoms with Gasteiger partial charge in [-0.1, -0.05) is 52.7 Å². The quantitative estimate of drug-likeness (QED) is 0.121. The van der Waals surface area contributed by atoms with Crippen LogP contribution in [0.3, 0.4) is 0 Å². The van der Waals surface area contributed by atoms with E-state index in [4.69, 9.17) is 9.47 Å². The standard InChI is InChI=1S/C35H58N2O6/c1-9-12-13-18-24-42-31(41)27-26-29(39)36(22-16-14-15-17-23-38)28(35(26)20-19-34(27,11-3)43-35)30(40)37(21-10-2)33(7,8)25-32(4,5)6/h9-10,26-28,38H,1-2,11-25H2,3-8H3/t26-,27+,28?,34-,35?/m0/s1. The van der Waals surface area contributed by atoms with Gasteiger partial charge in [0.25, 0.3) is 0 Å². The highest BCUT2D eigenvalue weighted by Gasteiger charge is 2.79. The molecule has 0 aromatic heterocycles. The molecule has 1 N–H and O–H groups in total. The smallest absolute Gasteiger partial charge is 0.312 e. The van der Waals surface area contributed by atoms with Gasteiger partial charge in [-0.05, 0) is 77.0 Å². The minimum atomic E-state index is -1.07. The maximum Gasteiger partial charge on any atom is 0.312 e. The molecule has 244 valence electrons. The number of carbonyl (C=O) groups excluding carboxylic acids is 3. The van der Waals surface area contributed by atoms with Gasteiger partial charge in [0.15, 0.2) is 0 Å². The van der Waals surface area contributed by atoms with Gasteiger partial charge in [-0.3, -0.25) is 14.4 Å². The van der Waals surface area contributed by atoms with Crippen LogP contribution < -0.4 is 0 Å². The summed E-state index contributed by atoms with van der Waals surface area (Å²) in [5, 5.41) is 9.23. The average Bonchev–Trinajstić information content (AvgIpc) is 3.53. The zero-order chi connectivity index (χ0) is 32.1. The van der Waals surface area contributed by atoms with Crippen molar-refractivity contribution in [2.24, 2.45) is 17.3 Å². The van der Waals surface area contributed by atoms with Gasteiger partial charge in [-0.15, -0.1) is 13.2 Å². The minimum Gasteiger partial charge on any atom is -0.465 e. The number of nitrogens with zero attached hydrogens (tertiary/aromatic N) is 2. The van der Waals surface area contributed by atoms with Crippen molar-refractivity contribution in [1.82, 2.24) is 9.80 Å². The Labute approximate surface area is 260 Å². The van der Waals surface area contributed by atoms with E-state index in [1.807, 2.05) is 17.9 Å². The summed E-state index contributed by atoms with van der Waals surface area (Å²) in [7, 11) is 0. The highest BCUT2D eigenvalue weighted by molar-refractivity contribution is 5.98. The number of allylic oxidation sites excluding steroid dienone is 1. The maximum atomic E-state index is 14.9. The Hall–Kier alpha value is -2.19. The second kappa shape index (κ2) is 14.3. The Morgan fingerprint density at radius 1 is 1.07 bits per heavy atom. The molecule has 8 heteroatoms. The van der Waals surface area contributed by atoms with Gasteiger partial charge < -0.3 is 24.4 Å². The van der Waals surface area contributed by atoms with E-state index in [1.54, 1.807) is 11.0 Å². The zero-order valence-corrected chi connectivity index (χ0v) is 27.8. The summed E-state index contributed by atoms with van der Waals surface area (Å²) in [6, 6.07) is -0.819. The number of hydrogen-bond acceptors (Lipinski definition) is 6. The average molecular weight is 603 g/mol. The van der Waals surface area contributed by atoms with Crippen molar-refractivity contribution in [3.63, 3.8) is 0 Å². The van der Waals surface area contributed by atoms with E-state index >= 15 is 0 Å². The number of unbranched alkanes of at least 4 members (excludes halogenated alkanes) is 5. The Morgan fingerprint density at radius 2 is 1.77 bits per heavy atom. The van der Waals surface area contributed by atoms with E-state index in [-0.39, 0.29) is 29.8 Å². The maximum absolute atomic E-state index is 14.9. The van der Waals surface area contributed by atoms with Crippen molar-refractivity contribution in [3.8, 4) is 0 Å². The number of aliphatic hydroxyl groups excluding tert-OH is 1. The first-order valence-electron chi connectivity index (χ1n) is 16.6. The minimum absolute atomic E-state index is 0.0307. The first-order valence-corrected chi connectivity index (χ1v) is 16.6. The molecule has 0 saturated carbocycles. The summed E-state index contributed by atoms with van der Waals surface area (Å²) in [4.78, 5) is 46.7. The SMILES string of the molecule is C=CCCCCOC(=O)[C@H]1[C@H]2C(=O)N(CCCCCCO)C(C(=O)N(CC=C)C(C)(C)CC(C)(C)C)C23CC[C@]1(CC)O3. The summed E-state index contributed by atoms with van der Waals surface area (Å²) in [6.45, 7) is 21.6. The normalized spacial score (nSPS) is 28.2. The molecule has 3 aliphatic heterocycles. The van der Waals surface area contributed by atoms with Crippen molar-refractivity contribution >= 4 is 17.8 Å². The fraction of sp³-hybridized carbons (Fsp3) is 0.800. The molecular formula is C35H58N2O6. The predicted octanol–water partition coefficient (Wildman–Crippen LogP) is 5.82. The van der Waals surface area contributed by atoms with Crippen molar-refractivity contribution in [3.05, 3.63) is 25.3 Å². The number of hydrogen-bond donors (Lipinski definition) is 1. The summed E-state index contributed by atoms with van der Waals surface area (Å²) in [6.07, 6.45) is 11.7. The van der Waals surface area contributed by atoms with Gasteiger partial charge in [0.1, 0.15) is 17.6 Å². The van der Waals surface area contributed by atoms with E-state index in [0.29, 0.717) is 51.8 Å². The number of rotatable bonds is 18. The first-order chi connectivity index (χ1) is 20.2. The highest BCUT2D eigenvalue weighted by atomic mass is 16.6. The Kier molecular flexibility index (Phi) is 11.7. The molecule has 2 bridgehead atoms. The molecule has 8 nitrogen and oxygen atoms in total. The molecule has 43 heavy (non-hydrogen) atoms.